The molecule has 0 radical (unpaired) electrons. The van der Waals surface area contributed by atoms with Gasteiger partial charge in [0.15, 0.2) is 11.5 Å². The zero-order chi connectivity index (χ0) is 18.7. The maximum atomic E-state index is 11.5. The Hall–Kier alpha value is -2.35. The fraction of sp³-hybridized carbons (Fsp3) is 0.368. The van der Waals surface area contributed by atoms with Crippen molar-refractivity contribution in [3.63, 3.8) is 0 Å². The number of nitro groups is 1. The zero-order valence-corrected chi connectivity index (χ0v) is 16.1. The van der Waals surface area contributed by atoms with Gasteiger partial charge >= 0.3 is 0 Å². The monoisotopic (exact) mass is 393 g/mol. The first-order valence-electron chi connectivity index (χ1n) is 8.45. The molecule has 8 heteroatoms. The first-order chi connectivity index (χ1) is 12.5. The number of hydrogen-bond donors (Lipinski definition) is 1. The number of benzene rings is 2. The minimum Gasteiger partial charge on any atom is -0.493 e. The number of nitro benzene ring substituents is 1. The molecule has 1 aliphatic heterocycles. The van der Waals surface area contributed by atoms with E-state index in [9.17, 15) is 10.1 Å². The molecule has 0 spiro atoms. The molecule has 0 bridgehead atoms. The summed E-state index contributed by atoms with van der Waals surface area (Å²) in [5, 5.41) is 11.5. The fourth-order valence-electron chi connectivity index (χ4n) is 3.54. The SMILES string of the molecule is COc1cc(CN2C[C@@H](N)[C@H](c3ccccc3)C2)c([N+](=O)[O-])cc1OC.Cl. The van der Waals surface area contributed by atoms with Crippen LogP contribution in [-0.2, 0) is 6.54 Å². The van der Waals surface area contributed by atoms with E-state index >= 15 is 0 Å². The number of halogens is 1. The number of likely N-dealkylation sites (tertiary alicyclic amines) is 1. The van der Waals surface area contributed by atoms with E-state index < -0.39 is 0 Å². The molecule has 27 heavy (non-hydrogen) atoms. The summed E-state index contributed by atoms with van der Waals surface area (Å²) in [4.78, 5) is 13.2. The molecule has 2 N–H and O–H groups in total. The third-order valence-corrected chi connectivity index (χ3v) is 4.84. The van der Waals surface area contributed by atoms with E-state index in [-0.39, 0.29) is 35.0 Å². The average Bonchev–Trinajstić information content (AvgIpc) is 3.02. The second-order valence-corrected chi connectivity index (χ2v) is 6.47. The Morgan fingerprint density at radius 1 is 1.15 bits per heavy atom. The highest BCUT2D eigenvalue weighted by atomic mass is 35.5. The van der Waals surface area contributed by atoms with Crippen molar-refractivity contribution < 1.29 is 14.4 Å². The number of rotatable bonds is 6. The lowest BCUT2D eigenvalue weighted by Gasteiger charge is -2.17. The van der Waals surface area contributed by atoms with E-state index in [1.54, 1.807) is 6.07 Å². The van der Waals surface area contributed by atoms with Gasteiger partial charge in [-0.2, -0.15) is 0 Å². The van der Waals surface area contributed by atoms with Crippen LogP contribution in [0.5, 0.6) is 11.5 Å². The van der Waals surface area contributed by atoms with Crippen LogP contribution in [0.3, 0.4) is 0 Å². The lowest BCUT2D eigenvalue weighted by Crippen LogP contribution is -2.28. The van der Waals surface area contributed by atoms with Crippen LogP contribution in [0.4, 0.5) is 5.69 Å². The van der Waals surface area contributed by atoms with Crippen molar-refractivity contribution in [2.24, 2.45) is 5.73 Å². The maximum Gasteiger partial charge on any atom is 0.277 e. The number of methoxy groups -OCH3 is 2. The molecule has 1 heterocycles. The van der Waals surface area contributed by atoms with Gasteiger partial charge in [0.1, 0.15) is 0 Å². The van der Waals surface area contributed by atoms with Crippen molar-refractivity contribution in [1.82, 2.24) is 4.90 Å². The molecule has 2 aromatic carbocycles. The smallest absolute Gasteiger partial charge is 0.277 e. The van der Waals surface area contributed by atoms with Crippen molar-refractivity contribution in [1.29, 1.82) is 0 Å². The summed E-state index contributed by atoms with van der Waals surface area (Å²) in [5.41, 5.74) is 8.15. The molecular weight excluding hydrogens is 370 g/mol. The van der Waals surface area contributed by atoms with Gasteiger partial charge in [0.25, 0.3) is 5.69 Å². The van der Waals surface area contributed by atoms with Crippen molar-refractivity contribution >= 4 is 18.1 Å². The minimum atomic E-state index is -0.387. The van der Waals surface area contributed by atoms with E-state index in [1.807, 2.05) is 18.2 Å². The predicted octanol–water partition coefficient (Wildman–Crippen LogP) is 2.96. The third-order valence-electron chi connectivity index (χ3n) is 4.84. The van der Waals surface area contributed by atoms with E-state index in [0.29, 0.717) is 30.2 Å². The quantitative estimate of drug-likeness (QED) is 0.599. The Bertz CT molecular complexity index is 788. The molecule has 2 aromatic rings. The molecule has 2 atom stereocenters. The number of nitrogens with two attached hydrogens (primary N) is 1. The van der Waals surface area contributed by atoms with Gasteiger partial charge < -0.3 is 15.2 Å². The second-order valence-electron chi connectivity index (χ2n) is 6.47. The number of hydrogen-bond acceptors (Lipinski definition) is 6. The van der Waals surface area contributed by atoms with Crippen molar-refractivity contribution in [3.05, 3.63) is 63.7 Å². The molecule has 1 aliphatic rings. The van der Waals surface area contributed by atoms with E-state index in [0.717, 1.165) is 6.54 Å². The topological polar surface area (TPSA) is 90.9 Å². The van der Waals surface area contributed by atoms with Crippen molar-refractivity contribution in [3.8, 4) is 11.5 Å². The third kappa shape index (κ3) is 4.50. The summed E-state index contributed by atoms with van der Waals surface area (Å²) < 4.78 is 10.5. The summed E-state index contributed by atoms with van der Waals surface area (Å²) >= 11 is 0. The number of ether oxygens (including phenoxy) is 2. The highest BCUT2D eigenvalue weighted by Gasteiger charge is 2.32. The number of nitrogens with zero attached hydrogens (tertiary/aromatic N) is 2. The molecule has 1 fully saturated rings. The van der Waals surface area contributed by atoms with Crippen molar-refractivity contribution in [2.45, 2.75) is 18.5 Å². The first-order valence-corrected chi connectivity index (χ1v) is 8.45. The summed E-state index contributed by atoms with van der Waals surface area (Å²) in [6.45, 7) is 1.88. The van der Waals surface area contributed by atoms with Crippen molar-refractivity contribution in [2.75, 3.05) is 27.3 Å². The van der Waals surface area contributed by atoms with Crippen LogP contribution in [0, 0.1) is 10.1 Å². The fourth-order valence-corrected chi connectivity index (χ4v) is 3.54. The summed E-state index contributed by atoms with van der Waals surface area (Å²) in [6, 6.07) is 13.2. The Morgan fingerprint density at radius 3 is 2.37 bits per heavy atom. The van der Waals surface area contributed by atoms with E-state index in [1.165, 1.54) is 25.8 Å². The lowest BCUT2D eigenvalue weighted by atomic mass is 9.95. The molecule has 0 aliphatic carbocycles. The van der Waals surface area contributed by atoms with Gasteiger partial charge in [0.2, 0.25) is 0 Å². The Labute approximate surface area is 164 Å². The first kappa shape index (κ1) is 21.0. The summed E-state index contributed by atoms with van der Waals surface area (Å²) in [5.74, 6) is 1.05. The van der Waals surface area contributed by atoms with Crippen LogP contribution in [0.2, 0.25) is 0 Å². The van der Waals surface area contributed by atoms with Gasteiger partial charge in [-0.05, 0) is 11.6 Å². The molecule has 0 aromatic heterocycles. The largest absolute Gasteiger partial charge is 0.493 e. The molecule has 3 rings (SSSR count). The van der Waals surface area contributed by atoms with Gasteiger partial charge in [-0.3, -0.25) is 15.0 Å². The van der Waals surface area contributed by atoms with Gasteiger partial charge in [-0.15, -0.1) is 12.4 Å². The Kier molecular flexibility index (Phi) is 7.01. The van der Waals surface area contributed by atoms with Gasteiger partial charge in [0, 0.05) is 37.2 Å². The summed E-state index contributed by atoms with van der Waals surface area (Å²) in [7, 11) is 2.98. The maximum absolute atomic E-state index is 11.5. The normalized spacial score (nSPS) is 19.4. The van der Waals surface area contributed by atoms with Crippen LogP contribution < -0.4 is 15.2 Å². The van der Waals surface area contributed by atoms with Crippen LogP contribution in [-0.4, -0.2) is 43.2 Å². The molecule has 0 saturated carbocycles. The highest BCUT2D eigenvalue weighted by molar-refractivity contribution is 5.85. The summed E-state index contributed by atoms with van der Waals surface area (Å²) in [6.07, 6.45) is 0. The molecule has 1 saturated heterocycles. The van der Waals surface area contributed by atoms with Gasteiger partial charge in [-0.1, -0.05) is 30.3 Å². The lowest BCUT2D eigenvalue weighted by molar-refractivity contribution is -0.385. The molecule has 146 valence electrons. The average molecular weight is 394 g/mol. The van der Waals surface area contributed by atoms with Crippen LogP contribution in [0.25, 0.3) is 0 Å². The minimum absolute atomic E-state index is 0. The second kappa shape index (κ2) is 9.03. The standard InChI is InChI=1S/C19H23N3O4.ClH/c1-25-18-8-14(17(22(23)24)9-19(18)26-2)10-21-11-15(16(20)12-21)13-6-4-3-5-7-13;/h3-9,15-16H,10-12,20H2,1-2H3;1H/t15-,16+;/m0./s1. The highest BCUT2D eigenvalue weighted by Crippen LogP contribution is 2.36. The Morgan fingerprint density at radius 2 is 1.78 bits per heavy atom. The Balaban J connectivity index is 0.00000261. The zero-order valence-electron chi connectivity index (χ0n) is 15.3. The van der Waals surface area contributed by atoms with Gasteiger partial charge in [-0.25, -0.2) is 0 Å². The van der Waals surface area contributed by atoms with E-state index in [4.69, 9.17) is 15.2 Å². The predicted molar refractivity (Wildman–Crippen MR) is 106 cm³/mol. The van der Waals surface area contributed by atoms with Crippen LogP contribution >= 0.6 is 12.4 Å². The van der Waals surface area contributed by atoms with Crippen LogP contribution in [0.15, 0.2) is 42.5 Å². The van der Waals surface area contributed by atoms with Crippen LogP contribution in [0.1, 0.15) is 17.0 Å². The molecule has 7 nitrogen and oxygen atoms in total. The molecule has 0 unspecified atom stereocenters. The van der Waals surface area contributed by atoms with E-state index in [2.05, 4.69) is 17.0 Å². The molecule has 0 amide bonds. The van der Waals surface area contributed by atoms with Gasteiger partial charge in [0.05, 0.1) is 25.2 Å². The molecular formula is C19H24ClN3O4.